The Hall–Kier alpha value is -1.10. The number of para-hydroxylation sites is 1. The number of anilines is 1. The minimum atomic E-state index is 0.634. The Kier molecular flexibility index (Phi) is 9.16. The summed E-state index contributed by atoms with van der Waals surface area (Å²) in [6.45, 7) is 4.24. The predicted octanol–water partition coefficient (Wildman–Crippen LogP) is 2.17. The zero-order valence-electron chi connectivity index (χ0n) is 11.1. The van der Waals surface area contributed by atoms with Crippen molar-refractivity contribution in [2.24, 2.45) is 0 Å². The van der Waals surface area contributed by atoms with E-state index in [9.17, 15) is 0 Å². The molecule has 0 unspecified atom stereocenters. The van der Waals surface area contributed by atoms with Crippen LogP contribution in [0.15, 0.2) is 30.3 Å². The maximum absolute atomic E-state index is 5.45. The van der Waals surface area contributed by atoms with Gasteiger partial charge in [0.2, 0.25) is 0 Å². The number of hydrogen-bond donors (Lipinski definition) is 1. The molecule has 4 nitrogen and oxygen atoms in total. The van der Waals surface area contributed by atoms with Gasteiger partial charge in [0.15, 0.2) is 0 Å². The molecule has 1 N–H and O–H groups in total. The summed E-state index contributed by atoms with van der Waals surface area (Å²) in [5, 5.41) is 3.34. The van der Waals surface area contributed by atoms with Gasteiger partial charge in [0.1, 0.15) is 0 Å². The average Bonchev–Trinajstić information content (AvgIpc) is 2.42. The average molecular weight is 253 g/mol. The van der Waals surface area contributed by atoms with Crippen molar-refractivity contribution >= 4 is 5.69 Å². The van der Waals surface area contributed by atoms with Crippen LogP contribution in [-0.4, -0.2) is 46.7 Å². The summed E-state index contributed by atoms with van der Waals surface area (Å²) in [5.41, 5.74) is 1.15. The quantitative estimate of drug-likeness (QED) is 0.614. The van der Waals surface area contributed by atoms with Crippen molar-refractivity contribution in [3.8, 4) is 0 Å². The first kappa shape index (κ1) is 15.0. The Balaban J connectivity index is 1.82. The van der Waals surface area contributed by atoms with E-state index in [2.05, 4.69) is 17.4 Å². The smallest absolute Gasteiger partial charge is 0.0701 e. The third kappa shape index (κ3) is 8.06. The second kappa shape index (κ2) is 11.0. The third-order valence-electron chi connectivity index (χ3n) is 2.37. The van der Waals surface area contributed by atoms with Gasteiger partial charge in [-0.15, -0.1) is 0 Å². The minimum Gasteiger partial charge on any atom is -0.385 e. The molecule has 1 rings (SSSR count). The largest absolute Gasteiger partial charge is 0.385 e. The normalized spacial score (nSPS) is 10.5. The number of benzene rings is 1. The lowest BCUT2D eigenvalue weighted by molar-refractivity contribution is 0.0248. The van der Waals surface area contributed by atoms with Crippen LogP contribution in [0, 0.1) is 0 Å². The maximum Gasteiger partial charge on any atom is 0.0701 e. The van der Waals surface area contributed by atoms with Crippen LogP contribution in [0.25, 0.3) is 0 Å². The van der Waals surface area contributed by atoms with Crippen molar-refractivity contribution in [1.29, 1.82) is 0 Å². The van der Waals surface area contributed by atoms with Gasteiger partial charge in [-0.05, 0) is 18.6 Å². The number of rotatable bonds is 11. The van der Waals surface area contributed by atoms with Crippen molar-refractivity contribution in [3.05, 3.63) is 30.3 Å². The molecule has 0 amide bonds. The first-order valence-electron chi connectivity index (χ1n) is 6.37. The zero-order chi connectivity index (χ0) is 12.9. The van der Waals surface area contributed by atoms with E-state index < -0.39 is 0 Å². The first-order chi connectivity index (χ1) is 8.93. The highest BCUT2D eigenvalue weighted by atomic mass is 16.5. The van der Waals surface area contributed by atoms with Gasteiger partial charge in [0, 0.05) is 25.9 Å². The molecule has 0 aliphatic heterocycles. The predicted molar refractivity (Wildman–Crippen MR) is 73.1 cm³/mol. The molecule has 0 atom stereocenters. The standard InChI is InChI=1S/C14H23NO3/c1-16-10-11-18-13-12-17-9-5-8-15-14-6-3-2-4-7-14/h2-4,6-7,15H,5,8-13H2,1H3. The molecule has 18 heavy (non-hydrogen) atoms. The molecule has 0 aromatic heterocycles. The summed E-state index contributed by atoms with van der Waals surface area (Å²) in [4.78, 5) is 0. The molecule has 0 aliphatic carbocycles. The van der Waals surface area contributed by atoms with Crippen molar-refractivity contribution in [2.45, 2.75) is 6.42 Å². The third-order valence-corrected chi connectivity index (χ3v) is 2.37. The van der Waals surface area contributed by atoms with Gasteiger partial charge < -0.3 is 19.5 Å². The van der Waals surface area contributed by atoms with E-state index in [1.165, 1.54) is 0 Å². The topological polar surface area (TPSA) is 39.7 Å². The van der Waals surface area contributed by atoms with Gasteiger partial charge in [-0.1, -0.05) is 18.2 Å². The number of nitrogens with one attached hydrogen (secondary N) is 1. The Morgan fingerprint density at radius 2 is 1.56 bits per heavy atom. The Morgan fingerprint density at radius 3 is 2.28 bits per heavy atom. The van der Waals surface area contributed by atoms with Crippen LogP contribution in [0.4, 0.5) is 5.69 Å². The van der Waals surface area contributed by atoms with Crippen LogP contribution in [0.1, 0.15) is 6.42 Å². The van der Waals surface area contributed by atoms with Crippen molar-refractivity contribution in [3.63, 3.8) is 0 Å². The van der Waals surface area contributed by atoms with E-state index in [4.69, 9.17) is 14.2 Å². The maximum atomic E-state index is 5.45. The SMILES string of the molecule is COCCOCCOCCCNc1ccccc1. The number of methoxy groups -OCH3 is 1. The summed E-state index contributed by atoms with van der Waals surface area (Å²) < 4.78 is 15.6. The van der Waals surface area contributed by atoms with Crippen LogP contribution in [0.3, 0.4) is 0 Å². The minimum absolute atomic E-state index is 0.634. The summed E-state index contributed by atoms with van der Waals surface area (Å²) in [7, 11) is 1.67. The summed E-state index contributed by atoms with van der Waals surface area (Å²) in [6, 6.07) is 10.2. The van der Waals surface area contributed by atoms with Crippen LogP contribution < -0.4 is 5.32 Å². The molecule has 102 valence electrons. The van der Waals surface area contributed by atoms with Gasteiger partial charge >= 0.3 is 0 Å². The fourth-order valence-electron chi connectivity index (χ4n) is 1.43. The van der Waals surface area contributed by atoms with Crippen molar-refractivity contribution in [1.82, 2.24) is 0 Å². The van der Waals surface area contributed by atoms with E-state index in [1.807, 2.05) is 18.2 Å². The van der Waals surface area contributed by atoms with Crippen LogP contribution in [0.2, 0.25) is 0 Å². The molecule has 0 radical (unpaired) electrons. The van der Waals surface area contributed by atoms with Crippen molar-refractivity contribution < 1.29 is 14.2 Å². The lowest BCUT2D eigenvalue weighted by Gasteiger charge is -2.07. The van der Waals surface area contributed by atoms with Gasteiger partial charge in [-0.3, -0.25) is 0 Å². The van der Waals surface area contributed by atoms with Gasteiger partial charge in [0.05, 0.1) is 26.4 Å². The lowest BCUT2D eigenvalue weighted by atomic mass is 10.3. The second-order valence-electron chi connectivity index (χ2n) is 3.86. The summed E-state index contributed by atoms with van der Waals surface area (Å²) >= 11 is 0. The number of ether oxygens (including phenoxy) is 3. The van der Waals surface area contributed by atoms with E-state index in [0.717, 1.165) is 25.3 Å². The molecule has 0 fully saturated rings. The molecule has 0 aliphatic rings. The Labute approximate surface area is 109 Å². The molecular formula is C14H23NO3. The lowest BCUT2D eigenvalue weighted by Crippen LogP contribution is -2.10. The highest BCUT2D eigenvalue weighted by Gasteiger charge is 1.92. The molecule has 1 aromatic carbocycles. The summed E-state index contributed by atoms with van der Waals surface area (Å²) in [5.74, 6) is 0. The Morgan fingerprint density at radius 1 is 0.889 bits per heavy atom. The second-order valence-corrected chi connectivity index (χ2v) is 3.86. The molecule has 0 bridgehead atoms. The van der Waals surface area contributed by atoms with E-state index in [0.29, 0.717) is 26.4 Å². The highest BCUT2D eigenvalue weighted by Crippen LogP contribution is 2.04. The molecule has 0 spiro atoms. The molecule has 4 heteroatoms. The molecule has 0 saturated heterocycles. The molecule has 0 saturated carbocycles. The fourth-order valence-corrected chi connectivity index (χ4v) is 1.43. The van der Waals surface area contributed by atoms with Crippen LogP contribution >= 0.6 is 0 Å². The molecule has 1 aromatic rings. The highest BCUT2D eigenvalue weighted by molar-refractivity contribution is 5.42. The monoisotopic (exact) mass is 253 g/mol. The van der Waals surface area contributed by atoms with Gasteiger partial charge in [-0.2, -0.15) is 0 Å². The van der Waals surface area contributed by atoms with Gasteiger partial charge in [-0.25, -0.2) is 0 Å². The van der Waals surface area contributed by atoms with E-state index in [-0.39, 0.29) is 0 Å². The van der Waals surface area contributed by atoms with Gasteiger partial charge in [0.25, 0.3) is 0 Å². The molecule has 0 heterocycles. The van der Waals surface area contributed by atoms with Crippen LogP contribution in [0.5, 0.6) is 0 Å². The molecular weight excluding hydrogens is 230 g/mol. The summed E-state index contributed by atoms with van der Waals surface area (Å²) in [6.07, 6.45) is 0.993. The fraction of sp³-hybridized carbons (Fsp3) is 0.571. The van der Waals surface area contributed by atoms with E-state index >= 15 is 0 Å². The Bertz CT molecular complexity index is 280. The van der Waals surface area contributed by atoms with Crippen molar-refractivity contribution in [2.75, 3.05) is 52.0 Å². The zero-order valence-corrected chi connectivity index (χ0v) is 11.1. The van der Waals surface area contributed by atoms with Crippen LogP contribution in [-0.2, 0) is 14.2 Å². The van der Waals surface area contributed by atoms with E-state index in [1.54, 1.807) is 7.11 Å². The first-order valence-corrected chi connectivity index (χ1v) is 6.37. The number of hydrogen-bond acceptors (Lipinski definition) is 4.